The predicted molar refractivity (Wildman–Crippen MR) is 128 cm³/mol. The molecule has 1 atom stereocenters. The maximum atomic E-state index is 13.6. The summed E-state index contributed by atoms with van der Waals surface area (Å²) in [6, 6.07) is 11.2. The van der Waals surface area contributed by atoms with Crippen LogP contribution < -0.4 is 0 Å². The Kier molecular flexibility index (Phi) is 7.89. The zero-order valence-electron chi connectivity index (χ0n) is 19.4. The monoisotopic (exact) mass is 484 g/mol. The van der Waals surface area contributed by atoms with Crippen LogP contribution in [-0.4, -0.2) is 40.2 Å². The molecule has 1 aromatic heterocycles. The van der Waals surface area contributed by atoms with Gasteiger partial charge in [0.15, 0.2) is 5.78 Å². The lowest BCUT2D eigenvalue weighted by molar-refractivity contribution is 0.0518. The van der Waals surface area contributed by atoms with Crippen LogP contribution in [-0.2, 0) is 11.3 Å². The van der Waals surface area contributed by atoms with Crippen molar-refractivity contribution in [3.05, 3.63) is 93.0 Å². The number of benzene rings is 2. The fourth-order valence-corrected chi connectivity index (χ4v) is 3.93. The molecule has 1 N–H and O–H groups in total. The summed E-state index contributed by atoms with van der Waals surface area (Å²) in [4.78, 5) is 43.7. The number of halogens is 2. The molecule has 0 aliphatic rings. The van der Waals surface area contributed by atoms with Crippen LogP contribution in [0.25, 0.3) is 0 Å². The largest absolute Gasteiger partial charge is 0.461 e. The molecular weight excluding hydrogens is 459 g/mol. The van der Waals surface area contributed by atoms with Crippen LogP contribution in [0.4, 0.5) is 4.39 Å². The van der Waals surface area contributed by atoms with Crippen molar-refractivity contribution in [1.82, 2.24) is 9.88 Å². The van der Waals surface area contributed by atoms with Crippen molar-refractivity contribution in [1.29, 1.82) is 0 Å². The van der Waals surface area contributed by atoms with Gasteiger partial charge in [0, 0.05) is 28.4 Å². The smallest absolute Gasteiger partial charge is 0.355 e. The molecular formula is C26H26ClFN2O4. The number of hydrogen-bond donors (Lipinski definition) is 1. The lowest BCUT2D eigenvalue weighted by Gasteiger charge is -2.29. The lowest BCUT2D eigenvalue weighted by Crippen LogP contribution is -2.43. The van der Waals surface area contributed by atoms with Crippen LogP contribution in [0, 0.1) is 19.7 Å². The van der Waals surface area contributed by atoms with Crippen molar-refractivity contribution in [3.63, 3.8) is 0 Å². The maximum absolute atomic E-state index is 13.6. The number of aryl methyl sites for hydroxylation is 1. The summed E-state index contributed by atoms with van der Waals surface area (Å²) in [5.41, 5.74) is 2.55. The first-order valence-corrected chi connectivity index (χ1v) is 11.2. The molecule has 0 aliphatic heterocycles. The van der Waals surface area contributed by atoms with Crippen LogP contribution in [0.5, 0.6) is 0 Å². The van der Waals surface area contributed by atoms with Crippen molar-refractivity contribution >= 4 is 29.3 Å². The van der Waals surface area contributed by atoms with Gasteiger partial charge in [0.2, 0.25) is 0 Å². The summed E-state index contributed by atoms with van der Waals surface area (Å²) in [7, 11) is 0. The maximum Gasteiger partial charge on any atom is 0.355 e. The molecule has 2 aromatic carbocycles. The Labute approximate surface area is 202 Å². The Balaban J connectivity index is 1.99. The standard InChI is InChI=1S/C26H26ClFN2O4/c1-5-34-26(33)23-15(2)22(16(3)29-23)24(31)17(4)30(14-18-6-12-21(28)13-7-18)25(32)19-8-10-20(27)11-9-19/h6-13,17,29H,5,14H2,1-4H3. The highest BCUT2D eigenvalue weighted by molar-refractivity contribution is 6.30. The third kappa shape index (κ3) is 5.37. The number of aromatic nitrogens is 1. The van der Waals surface area contributed by atoms with Crippen molar-refractivity contribution < 1.29 is 23.5 Å². The molecule has 1 unspecified atom stereocenters. The Morgan fingerprint density at radius 2 is 1.68 bits per heavy atom. The fraction of sp³-hybridized carbons (Fsp3) is 0.269. The van der Waals surface area contributed by atoms with E-state index in [1.54, 1.807) is 64.1 Å². The van der Waals surface area contributed by atoms with Crippen molar-refractivity contribution in [3.8, 4) is 0 Å². The van der Waals surface area contributed by atoms with Gasteiger partial charge in [0.05, 0.1) is 12.6 Å². The molecule has 0 radical (unpaired) electrons. The number of carbonyl (C=O) groups is 3. The summed E-state index contributed by atoms with van der Waals surface area (Å²) in [5, 5.41) is 0.482. The van der Waals surface area contributed by atoms with Gasteiger partial charge < -0.3 is 14.6 Å². The molecule has 1 amide bonds. The van der Waals surface area contributed by atoms with E-state index < -0.39 is 17.8 Å². The first-order chi connectivity index (χ1) is 16.1. The van der Waals surface area contributed by atoms with Crippen molar-refractivity contribution in [2.75, 3.05) is 6.61 Å². The van der Waals surface area contributed by atoms with E-state index >= 15 is 0 Å². The number of nitrogens with zero attached hydrogens (tertiary/aromatic N) is 1. The van der Waals surface area contributed by atoms with Gasteiger partial charge in [-0.1, -0.05) is 23.7 Å². The highest BCUT2D eigenvalue weighted by Crippen LogP contribution is 2.24. The first-order valence-electron chi connectivity index (χ1n) is 10.9. The Hall–Kier alpha value is -3.45. The number of hydrogen-bond acceptors (Lipinski definition) is 4. The fourth-order valence-electron chi connectivity index (χ4n) is 3.81. The molecule has 8 heteroatoms. The quantitative estimate of drug-likeness (QED) is 0.337. The summed E-state index contributed by atoms with van der Waals surface area (Å²) < 4.78 is 18.5. The number of nitrogens with one attached hydrogen (secondary N) is 1. The van der Waals surface area contributed by atoms with E-state index in [0.717, 1.165) is 0 Å². The third-order valence-corrected chi connectivity index (χ3v) is 5.88. The van der Waals surface area contributed by atoms with E-state index in [1.165, 1.54) is 17.0 Å². The van der Waals surface area contributed by atoms with E-state index in [4.69, 9.17) is 16.3 Å². The number of esters is 1. The minimum atomic E-state index is -0.878. The molecule has 0 bridgehead atoms. The second kappa shape index (κ2) is 10.7. The minimum Gasteiger partial charge on any atom is -0.461 e. The van der Waals surface area contributed by atoms with Gasteiger partial charge in [0.25, 0.3) is 5.91 Å². The summed E-state index contributed by atoms with van der Waals surface area (Å²) in [6.07, 6.45) is 0. The Bertz CT molecular complexity index is 1200. The van der Waals surface area contributed by atoms with E-state index in [-0.39, 0.29) is 30.5 Å². The molecule has 0 aliphatic carbocycles. The van der Waals surface area contributed by atoms with Gasteiger partial charge in [0.1, 0.15) is 11.5 Å². The van der Waals surface area contributed by atoms with Gasteiger partial charge in [-0.2, -0.15) is 0 Å². The Morgan fingerprint density at radius 3 is 2.26 bits per heavy atom. The number of ketones is 1. The van der Waals surface area contributed by atoms with Gasteiger partial charge in [-0.05, 0) is 75.2 Å². The van der Waals surface area contributed by atoms with Crippen LogP contribution in [0.2, 0.25) is 5.02 Å². The first kappa shape index (κ1) is 25.2. The number of rotatable bonds is 8. The number of aromatic amines is 1. The highest BCUT2D eigenvalue weighted by Gasteiger charge is 2.32. The molecule has 0 saturated heterocycles. The average molecular weight is 485 g/mol. The van der Waals surface area contributed by atoms with E-state index in [2.05, 4.69) is 4.98 Å². The van der Waals surface area contributed by atoms with Gasteiger partial charge >= 0.3 is 5.97 Å². The zero-order chi connectivity index (χ0) is 25.0. The van der Waals surface area contributed by atoms with Gasteiger partial charge in [-0.25, -0.2) is 9.18 Å². The van der Waals surface area contributed by atoms with Crippen LogP contribution >= 0.6 is 11.6 Å². The molecule has 0 saturated carbocycles. The minimum absolute atomic E-state index is 0.0852. The van der Waals surface area contributed by atoms with Gasteiger partial charge in [-0.3, -0.25) is 9.59 Å². The third-order valence-electron chi connectivity index (χ3n) is 5.63. The molecule has 0 fully saturated rings. The number of ether oxygens (including phenoxy) is 1. The van der Waals surface area contributed by atoms with Crippen LogP contribution in [0.15, 0.2) is 48.5 Å². The molecule has 3 aromatic rings. The number of Topliss-reactive ketones (excluding diaryl/α,β-unsaturated/α-hetero) is 1. The zero-order valence-corrected chi connectivity index (χ0v) is 20.2. The van der Waals surface area contributed by atoms with Crippen molar-refractivity contribution in [2.24, 2.45) is 0 Å². The van der Waals surface area contributed by atoms with Crippen LogP contribution in [0.3, 0.4) is 0 Å². The molecule has 34 heavy (non-hydrogen) atoms. The summed E-state index contributed by atoms with van der Waals surface area (Å²) in [6.45, 7) is 6.99. The molecule has 3 rings (SSSR count). The number of carbonyl (C=O) groups excluding carboxylic acids is 3. The van der Waals surface area contributed by atoms with Crippen LogP contribution in [0.1, 0.15) is 61.9 Å². The molecule has 0 spiro atoms. The second-order valence-corrected chi connectivity index (χ2v) is 8.39. The molecule has 1 heterocycles. The van der Waals surface area contributed by atoms with E-state index in [9.17, 15) is 18.8 Å². The van der Waals surface area contributed by atoms with E-state index in [0.29, 0.717) is 33.0 Å². The average Bonchev–Trinajstić information content (AvgIpc) is 3.11. The summed E-state index contributed by atoms with van der Waals surface area (Å²) >= 11 is 5.96. The summed E-state index contributed by atoms with van der Waals surface area (Å²) in [5.74, 6) is -1.65. The SMILES string of the molecule is CCOC(=O)c1[nH]c(C)c(C(=O)C(C)N(Cc2ccc(F)cc2)C(=O)c2ccc(Cl)cc2)c1C. The number of H-pyrrole nitrogens is 1. The predicted octanol–water partition coefficient (Wildman–Crippen LogP) is 5.51. The molecule has 178 valence electrons. The van der Waals surface area contributed by atoms with E-state index in [1.807, 2.05) is 0 Å². The number of amides is 1. The lowest BCUT2D eigenvalue weighted by atomic mass is 9.98. The van der Waals surface area contributed by atoms with Crippen molar-refractivity contribution in [2.45, 2.75) is 40.3 Å². The topological polar surface area (TPSA) is 79.5 Å². The normalized spacial score (nSPS) is 11.7. The Morgan fingerprint density at radius 1 is 1.06 bits per heavy atom. The second-order valence-electron chi connectivity index (χ2n) is 7.95. The highest BCUT2D eigenvalue weighted by atomic mass is 35.5. The van der Waals surface area contributed by atoms with Gasteiger partial charge in [-0.15, -0.1) is 0 Å². The molecule has 6 nitrogen and oxygen atoms in total.